The van der Waals surface area contributed by atoms with Crippen LogP contribution in [0.1, 0.15) is 39.5 Å². The third-order valence-corrected chi connectivity index (χ3v) is 4.75. The minimum Gasteiger partial charge on any atom is -0.480 e. The van der Waals surface area contributed by atoms with E-state index in [0.717, 1.165) is 32.4 Å². The molecule has 0 aromatic rings. The lowest BCUT2D eigenvalue weighted by molar-refractivity contribution is -0.146. The molecule has 0 aromatic carbocycles. The molecule has 0 spiro atoms. The maximum absolute atomic E-state index is 11.9. The summed E-state index contributed by atoms with van der Waals surface area (Å²) in [6.45, 7) is 5.49. The van der Waals surface area contributed by atoms with Gasteiger partial charge in [0.25, 0.3) is 0 Å². The van der Waals surface area contributed by atoms with Gasteiger partial charge in [-0.3, -0.25) is 4.79 Å². The molecule has 3 N–H and O–H groups in total. The predicted molar refractivity (Wildman–Crippen MR) is 77.4 cm³/mol. The van der Waals surface area contributed by atoms with E-state index in [1.54, 1.807) is 18.7 Å². The molecule has 1 saturated heterocycles. The number of thioether (sulfide) groups is 1. The molecular weight excluding hydrogens is 264 g/mol. The monoisotopic (exact) mass is 288 g/mol. The predicted octanol–water partition coefficient (Wildman–Crippen LogP) is 1.23. The van der Waals surface area contributed by atoms with E-state index in [1.807, 2.05) is 6.92 Å². The summed E-state index contributed by atoms with van der Waals surface area (Å²) in [4.78, 5) is 23.1. The molecule has 1 amide bonds. The quantitative estimate of drug-likeness (QED) is 0.657. The molecular formula is C13H24N2O3S. The van der Waals surface area contributed by atoms with Crippen LogP contribution in [0.4, 0.5) is 0 Å². The molecule has 1 fully saturated rings. The first-order chi connectivity index (χ1) is 8.98. The summed E-state index contributed by atoms with van der Waals surface area (Å²) >= 11 is 1.63. The second-order valence-electron chi connectivity index (χ2n) is 5.20. The van der Waals surface area contributed by atoms with Gasteiger partial charge in [-0.05, 0) is 39.3 Å². The highest BCUT2D eigenvalue weighted by atomic mass is 32.2. The maximum Gasteiger partial charge on any atom is 0.329 e. The number of amides is 1. The van der Waals surface area contributed by atoms with Crippen molar-refractivity contribution in [2.45, 2.75) is 50.3 Å². The molecule has 19 heavy (non-hydrogen) atoms. The van der Waals surface area contributed by atoms with Crippen LogP contribution < -0.4 is 10.6 Å². The zero-order valence-corrected chi connectivity index (χ0v) is 12.5. The lowest BCUT2D eigenvalue weighted by Gasteiger charge is -2.26. The van der Waals surface area contributed by atoms with Crippen molar-refractivity contribution in [1.82, 2.24) is 10.6 Å². The Bertz CT molecular complexity index is 319. The number of nitrogens with one attached hydrogen (secondary N) is 2. The lowest BCUT2D eigenvalue weighted by atomic mass is 9.96. The van der Waals surface area contributed by atoms with Crippen molar-refractivity contribution in [2.24, 2.45) is 0 Å². The number of rotatable bonds is 7. The average Bonchev–Trinajstić information content (AvgIpc) is 2.37. The first-order valence-corrected chi connectivity index (χ1v) is 7.89. The Morgan fingerprint density at radius 1 is 1.42 bits per heavy atom. The number of carboxylic acid groups (broad SMARTS) is 1. The molecule has 6 heteroatoms. The van der Waals surface area contributed by atoms with Gasteiger partial charge in [-0.15, -0.1) is 11.8 Å². The van der Waals surface area contributed by atoms with E-state index < -0.39 is 11.5 Å². The van der Waals surface area contributed by atoms with Crippen LogP contribution in [-0.4, -0.2) is 46.6 Å². The summed E-state index contributed by atoms with van der Waals surface area (Å²) in [6.07, 6.45) is 3.32. The Balaban J connectivity index is 2.37. The zero-order chi connectivity index (χ0) is 14.3. The number of carboxylic acids is 1. The molecule has 0 bridgehead atoms. The Kier molecular flexibility index (Phi) is 6.65. The van der Waals surface area contributed by atoms with Crippen LogP contribution in [0.15, 0.2) is 0 Å². The van der Waals surface area contributed by atoms with Gasteiger partial charge >= 0.3 is 5.97 Å². The van der Waals surface area contributed by atoms with Gasteiger partial charge in [0.1, 0.15) is 5.54 Å². The van der Waals surface area contributed by atoms with Crippen LogP contribution in [0.3, 0.4) is 0 Å². The third kappa shape index (κ3) is 5.40. The van der Waals surface area contributed by atoms with Crippen molar-refractivity contribution in [3.63, 3.8) is 0 Å². The summed E-state index contributed by atoms with van der Waals surface area (Å²) in [7, 11) is 0. The molecule has 1 unspecified atom stereocenters. The molecule has 0 aromatic heterocycles. The van der Waals surface area contributed by atoms with Crippen molar-refractivity contribution < 1.29 is 14.7 Å². The maximum atomic E-state index is 11.9. The van der Waals surface area contributed by atoms with Gasteiger partial charge in [-0.2, -0.15) is 0 Å². The first-order valence-electron chi connectivity index (χ1n) is 6.84. The third-order valence-electron chi connectivity index (χ3n) is 3.37. The van der Waals surface area contributed by atoms with Crippen molar-refractivity contribution in [1.29, 1.82) is 0 Å². The van der Waals surface area contributed by atoms with Crippen LogP contribution in [0.5, 0.6) is 0 Å². The number of aliphatic carboxylic acids is 1. The number of piperidine rings is 1. The highest BCUT2D eigenvalue weighted by Crippen LogP contribution is 2.20. The Labute approximate surface area is 118 Å². The van der Waals surface area contributed by atoms with E-state index in [9.17, 15) is 14.7 Å². The number of hydrogen-bond donors (Lipinski definition) is 3. The standard InChI is InChI=1S/C13H24N2O3S/c1-3-6-13(2,12(17)18)15-11(16)9-19-10-4-7-14-8-5-10/h10,14H,3-9H2,1-2H3,(H,15,16)(H,17,18). The van der Waals surface area contributed by atoms with Crippen LogP contribution >= 0.6 is 11.8 Å². The molecule has 1 atom stereocenters. The highest BCUT2D eigenvalue weighted by molar-refractivity contribution is 8.00. The molecule has 1 rings (SSSR count). The summed E-state index contributed by atoms with van der Waals surface area (Å²) in [6, 6.07) is 0. The molecule has 1 aliphatic heterocycles. The van der Waals surface area contributed by atoms with Crippen LogP contribution in [0, 0.1) is 0 Å². The number of carbonyl (C=O) groups excluding carboxylic acids is 1. The largest absolute Gasteiger partial charge is 0.480 e. The number of hydrogen-bond acceptors (Lipinski definition) is 4. The summed E-state index contributed by atoms with van der Waals surface area (Å²) in [5.41, 5.74) is -1.14. The van der Waals surface area contributed by atoms with Crippen LogP contribution in [0.2, 0.25) is 0 Å². The SMILES string of the molecule is CCCC(C)(NC(=O)CSC1CCNCC1)C(=O)O. The van der Waals surface area contributed by atoms with Crippen LogP contribution in [0.25, 0.3) is 0 Å². The van der Waals surface area contributed by atoms with Crippen molar-refractivity contribution in [2.75, 3.05) is 18.8 Å². The van der Waals surface area contributed by atoms with E-state index in [1.165, 1.54) is 0 Å². The smallest absolute Gasteiger partial charge is 0.329 e. The Hall–Kier alpha value is -0.750. The molecule has 0 saturated carbocycles. The van der Waals surface area contributed by atoms with Crippen LogP contribution in [-0.2, 0) is 9.59 Å². The minimum atomic E-state index is -1.14. The average molecular weight is 288 g/mol. The van der Waals surface area contributed by atoms with Crippen molar-refractivity contribution >= 4 is 23.6 Å². The van der Waals surface area contributed by atoms with E-state index in [2.05, 4.69) is 10.6 Å². The van der Waals surface area contributed by atoms with E-state index >= 15 is 0 Å². The van der Waals surface area contributed by atoms with Crippen molar-refractivity contribution in [3.8, 4) is 0 Å². The molecule has 0 radical (unpaired) electrons. The molecule has 5 nitrogen and oxygen atoms in total. The summed E-state index contributed by atoms with van der Waals surface area (Å²) in [5.74, 6) is -0.798. The zero-order valence-electron chi connectivity index (χ0n) is 11.7. The molecule has 1 heterocycles. The minimum absolute atomic E-state index is 0.179. The fraction of sp³-hybridized carbons (Fsp3) is 0.846. The molecule has 1 aliphatic rings. The highest BCUT2D eigenvalue weighted by Gasteiger charge is 2.33. The van der Waals surface area contributed by atoms with E-state index in [4.69, 9.17) is 0 Å². The summed E-state index contributed by atoms with van der Waals surface area (Å²) in [5, 5.41) is 15.6. The van der Waals surface area contributed by atoms with E-state index in [0.29, 0.717) is 17.4 Å². The Morgan fingerprint density at radius 3 is 2.58 bits per heavy atom. The van der Waals surface area contributed by atoms with Gasteiger partial charge in [0.05, 0.1) is 5.75 Å². The fourth-order valence-electron chi connectivity index (χ4n) is 2.22. The Morgan fingerprint density at radius 2 is 2.05 bits per heavy atom. The van der Waals surface area contributed by atoms with Gasteiger partial charge in [0.15, 0.2) is 0 Å². The number of carbonyl (C=O) groups is 2. The van der Waals surface area contributed by atoms with Gasteiger partial charge < -0.3 is 15.7 Å². The fourth-order valence-corrected chi connectivity index (χ4v) is 3.25. The summed E-state index contributed by atoms with van der Waals surface area (Å²) < 4.78 is 0. The van der Waals surface area contributed by atoms with Gasteiger partial charge in [-0.1, -0.05) is 13.3 Å². The lowest BCUT2D eigenvalue weighted by Crippen LogP contribution is -2.52. The normalized spacial score (nSPS) is 19.7. The van der Waals surface area contributed by atoms with Gasteiger partial charge in [0.2, 0.25) is 5.91 Å². The molecule has 0 aliphatic carbocycles. The first kappa shape index (κ1) is 16.3. The van der Waals surface area contributed by atoms with Gasteiger partial charge in [-0.25, -0.2) is 4.79 Å². The second kappa shape index (κ2) is 7.75. The topological polar surface area (TPSA) is 78.4 Å². The molecule has 110 valence electrons. The van der Waals surface area contributed by atoms with Gasteiger partial charge in [0, 0.05) is 5.25 Å². The second-order valence-corrected chi connectivity index (χ2v) is 6.48. The van der Waals surface area contributed by atoms with Crippen molar-refractivity contribution in [3.05, 3.63) is 0 Å². The van der Waals surface area contributed by atoms with E-state index in [-0.39, 0.29) is 5.91 Å².